The molecule has 0 aliphatic carbocycles. The topological polar surface area (TPSA) is 59.1 Å². The van der Waals surface area contributed by atoms with Gasteiger partial charge in [0.25, 0.3) is 0 Å². The van der Waals surface area contributed by atoms with Crippen molar-refractivity contribution in [3.05, 3.63) is 12.0 Å². The Morgan fingerprint density at radius 1 is 1.25 bits per heavy atom. The van der Waals surface area contributed by atoms with Gasteiger partial charge in [-0.2, -0.15) is 4.98 Å². The number of halogens is 1. The molecule has 0 amide bonds. The lowest BCUT2D eigenvalue weighted by Gasteiger charge is -2.10. The molecule has 0 fully saturated rings. The van der Waals surface area contributed by atoms with Crippen molar-refractivity contribution in [1.29, 1.82) is 0 Å². The quantitative estimate of drug-likeness (QED) is 0.647. The Morgan fingerprint density at radius 3 is 2.75 bits per heavy atom. The molecule has 0 atom stereocenters. The normalized spacial score (nSPS) is 10.8. The third-order valence-electron chi connectivity index (χ3n) is 2.59. The molecule has 1 aromatic rings. The molecule has 0 spiro atoms. The molecule has 0 aliphatic heterocycles. The van der Waals surface area contributed by atoms with Crippen molar-refractivity contribution in [3.63, 3.8) is 0 Å². The number of nitrogens with zero attached hydrogens (tertiary/aromatic N) is 2. The highest BCUT2D eigenvalue weighted by Gasteiger charge is 2.05. The summed E-state index contributed by atoms with van der Waals surface area (Å²) in [5.41, 5.74) is 0. The van der Waals surface area contributed by atoms with Crippen LogP contribution >= 0.6 is 0 Å². The standard InChI is InChI=1S/C14H25FN4O/c1-4-7-17-14-18-10-12(15)13(19-14)16-8-5-6-9-20-11(2)3/h10-11H,4-9H2,1-3H3,(H2,16,17,18,19). The van der Waals surface area contributed by atoms with Crippen LogP contribution < -0.4 is 10.6 Å². The van der Waals surface area contributed by atoms with Gasteiger partial charge in [0.05, 0.1) is 12.3 Å². The molecular weight excluding hydrogens is 259 g/mol. The highest BCUT2D eigenvalue weighted by Crippen LogP contribution is 2.12. The Balaban J connectivity index is 2.31. The first kappa shape index (κ1) is 16.6. The predicted octanol–water partition coefficient (Wildman–Crippen LogP) is 3.05. The van der Waals surface area contributed by atoms with E-state index in [9.17, 15) is 4.39 Å². The summed E-state index contributed by atoms with van der Waals surface area (Å²) in [6.07, 6.45) is 4.27. The van der Waals surface area contributed by atoms with Crippen LogP contribution in [0.5, 0.6) is 0 Å². The number of unbranched alkanes of at least 4 members (excludes halogenated alkanes) is 1. The van der Waals surface area contributed by atoms with Crippen LogP contribution in [0.25, 0.3) is 0 Å². The van der Waals surface area contributed by atoms with Crippen LogP contribution in [0.2, 0.25) is 0 Å². The van der Waals surface area contributed by atoms with Crippen molar-refractivity contribution in [1.82, 2.24) is 9.97 Å². The van der Waals surface area contributed by atoms with Crippen LogP contribution in [0.15, 0.2) is 6.20 Å². The van der Waals surface area contributed by atoms with Crippen LogP contribution in [0, 0.1) is 5.82 Å². The molecule has 20 heavy (non-hydrogen) atoms. The molecule has 1 aromatic heterocycles. The van der Waals surface area contributed by atoms with Crippen LogP contribution in [0.1, 0.15) is 40.0 Å². The Labute approximate surface area is 120 Å². The minimum Gasteiger partial charge on any atom is -0.379 e. The highest BCUT2D eigenvalue weighted by molar-refractivity contribution is 5.40. The van der Waals surface area contributed by atoms with E-state index in [-0.39, 0.29) is 11.9 Å². The third kappa shape index (κ3) is 6.65. The summed E-state index contributed by atoms with van der Waals surface area (Å²) in [5.74, 6) is 0.285. The van der Waals surface area contributed by atoms with Crippen molar-refractivity contribution in [2.45, 2.75) is 46.1 Å². The largest absolute Gasteiger partial charge is 0.379 e. The van der Waals surface area contributed by atoms with Gasteiger partial charge in [0, 0.05) is 19.7 Å². The maximum atomic E-state index is 13.5. The van der Waals surface area contributed by atoms with Crippen LogP contribution in [0.4, 0.5) is 16.2 Å². The van der Waals surface area contributed by atoms with Gasteiger partial charge < -0.3 is 15.4 Å². The average molecular weight is 284 g/mol. The van der Waals surface area contributed by atoms with Gasteiger partial charge >= 0.3 is 0 Å². The second-order valence-corrected chi connectivity index (χ2v) is 4.87. The molecule has 1 rings (SSSR count). The molecule has 0 aromatic carbocycles. The van der Waals surface area contributed by atoms with Gasteiger partial charge in [0.1, 0.15) is 0 Å². The number of hydrogen-bond donors (Lipinski definition) is 2. The fourth-order valence-electron chi connectivity index (χ4n) is 1.57. The third-order valence-corrected chi connectivity index (χ3v) is 2.59. The van der Waals surface area contributed by atoms with Crippen molar-refractivity contribution < 1.29 is 9.13 Å². The molecule has 5 nitrogen and oxygen atoms in total. The highest BCUT2D eigenvalue weighted by atomic mass is 19.1. The zero-order valence-electron chi connectivity index (χ0n) is 12.6. The van der Waals surface area contributed by atoms with Gasteiger partial charge in [-0.15, -0.1) is 0 Å². The van der Waals surface area contributed by atoms with Gasteiger partial charge in [0.2, 0.25) is 5.95 Å². The van der Waals surface area contributed by atoms with Crippen LogP contribution in [-0.4, -0.2) is 35.8 Å². The lowest BCUT2D eigenvalue weighted by molar-refractivity contribution is 0.0765. The molecule has 0 radical (unpaired) electrons. The van der Waals surface area contributed by atoms with Crippen molar-refractivity contribution in [2.24, 2.45) is 0 Å². The molecule has 0 saturated carbocycles. The first-order chi connectivity index (χ1) is 9.63. The van der Waals surface area contributed by atoms with Crippen LogP contribution in [0.3, 0.4) is 0 Å². The number of hydrogen-bond acceptors (Lipinski definition) is 5. The number of rotatable bonds is 10. The monoisotopic (exact) mass is 284 g/mol. The lowest BCUT2D eigenvalue weighted by atomic mass is 10.3. The molecule has 114 valence electrons. The van der Waals surface area contributed by atoms with Gasteiger partial charge in [-0.3, -0.25) is 0 Å². The second-order valence-electron chi connectivity index (χ2n) is 4.87. The first-order valence-corrected chi connectivity index (χ1v) is 7.25. The molecule has 6 heteroatoms. The maximum Gasteiger partial charge on any atom is 0.224 e. The summed E-state index contributed by atoms with van der Waals surface area (Å²) in [7, 11) is 0. The average Bonchev–Trinajstić information content (AvgIpc) is 2.42. The predicted molar refractivity (Wildman–Crippen MR) is 79.6 cm³/mol. The second kappa shape index (κ2) is 9.47. The summed E-state index contributed by atoms with van der Waals surface area (Å²) in [5, 5.41) is 6.03. The Hall–Kier alpha value is -1.43. The minimum atomic E-state index is -0.425. The number of anilines is 2. The van der Waals surface area contributed by atoms with E-state index in [0.29, 0.717) is 12.5 Å². The SMILES string of the molecule is CCCNc1ncc(F)c(NCCCCOC(C)C)n1. The number of nitrogens with one attached hydrogen (secondary N) is 2. The van der Waals surface area contributed by atoms with E-state index in [1.165, 1.54) is 6.20 Å². The zero-order chi connectivity index (χ0) is 14.8. The van der Waals surface area contributed by atoms with Crippen molar-refractivity contribution >= 4 is 11.8 Å². The molecule has 2 N–H and O–H groups in total. The van der Waals surface area contributed by atoms with Gasteiger partial charge in [0.15, 0.2) is 11.6 Å². The van der Waals surface area contributed by atoms with E-state index in [2.05, 4.69) is 27.5 Å². The smallest absolute Gasteiger partial charge is 0.224 e. The summed E-state index contributed by atoms with van der Waals surface area (Å²) < 4.78 is 19.0. The summed E-state index contributed by atoms with van der Waals surface area (Å²) >= 11 is 0. The fraction of sp³-hybridized carbons (Fsp3) is 0.714. The first-order valence-electron chi connectivity index (χ1n) is 7.25. The number of ether oxygens (including phenoxy) is 1. The molecule has 0 saturated heterocycles. The maximum absolute atomic E-state index is 13.5. The Kier molecular flexibility index (Phi) is 7.87. The fourth-order valence-corrected chi connectivity index (χ4v) is 1.57. The lowest BCUT2D eigenvalue weighted by Crippen LogP contribution is -2.11. The molecular formula is C14H25FN4O. The Morgan fingerprint density at radius 2 is 2.05 bits per heavy atom. The summed E-state index contributed by atoms with van der Waals surface area (Å²) in [6, 6.07) is 0. The molecule has 0 aliphatic rings. The number of aromatic nitrogens is 2. The molecule has 0 bridgehead atoms. The van der Waals surface area contributed by atoms with E-state index in [0.717, 1.165) is 32.4 Å². The minimum absolute atomic E-state index is 0.253. The van der Waals surface area contributed by atoms with E-state index in [1.807, 2.05) is 13.8 Å². The zero-order valence-corrected chi connectivity index (χ0v) is 12.6. The molecule has 0 unspecified atom stereocenters. The van der Waals surface area contributed by atoms with Gasteiger partial charge in [-0.05, 0) is 33.1 Å². The van der Waals surface area contributed by atoms with Crippen molar-refractivity contribution in [3.8, 4) is 0 Å². The van der Waals surface area contributed by atoms with E-state index >= 15 is 0 Å². The van der Waals surface area contributed by atoms with E-state index in [1.54, 1.807) is 0 Å². The van der Waals surface area contributed by atoms with Gasteiger partial charge in [-0.25, -0.2) is 9.37 Å². The Bertz CT molecular complexity index is 387. The summed E-state index contributed by atoms with van der Waals surface area (Å²) in [4.78, 5) is 8.01. The van der Waals surface area contributed by atoms with E-state index in [4.69, 9.17) is 4.74 Å². The summed E-state index contributed by atoms with van der Waals surface area (Å²) in [6.45, 7) is 8.25. The van der Waals surface area contributed by atoms with Gasteiger partial charge in [-0.1, -0.05) is 6.92 Å². The van der Waals surface area contributed by atoms with Crippen molar-refractivity contribution in [2.75, 3.05) is 30.3 Å². The molecule has 1 heterocycles. The van der Waals surface area contributed by atoms with Crippen LogP contribution in [-0.2, 0) is 4.74 Å². The van der Waals surface area contributed by atoms with E-state index < -0.39 is 5.82 Å².